The zero-order valence-corrected chi connectivity index (χ0v) is 16.1. The Labute approximate surface area is 158 Å². The number of aromatic amines is 1. The van der Waals surface area contributed by atoms with Crippen molar-refractivity contribution >= 4 is 23.4 Å². The number of carbonyl (C=O) groups is 1. The van der Waals surface area contributed by atoms with Crippen LogP contribution in [0, 0.1) is 0 Å². The van der Waals surface area contributed by atoms with E-state index in [1.54, 1.807) is 0 Å². The molecule has 1 aliphatic rings. The number of fused-ring (bicyclic) bond motifs is 1. The molecule has 1 amide bonds. The summed E-state index contributed by atoms with van der Waals surface area (Å²) >= 11 is 1.33. The summed E-state index contributed by atoms with van der Waals surface area (Å²) in [5, 5.41) is 3.20. The second kappa shape index (κ2) is 8.54. The normalized spacial score (nSPS) is 14.5. The van der Waals surface area contributed by atoms with E-state index in [-0.39, 0.29) is 16.7 Å². The highest BCUT2D eigenvalue weighted by atomic mass is 32.2. The van der Waals surface area contributed by atoms with Crippen LogP contribution in [0.2, 0.25) is 0 Å². The molecule has 1 aliphatic carbocycles. The van der Waals surface area contributed by atoms with Gasteiger partial charge in [-0.1, -0.05) is 37.7 Å². The summed E-state index contributed by atoms with van der Waals surface area (Å²) < 4.78 is 0. The molecule has 26 heavy (non-hydrogen) atoms. The molecule has 5 nitrogen and oxygen atoms in total. The predicted molar refractivity (Wildman–Crippen MR) is 106 cm³/mol. The van der Waals surface area contributed by atoms with Crippen molar-refractivity contribution in [1.29, 1.82) is 0 Å². The van der Waals surface area contributed by atoms with Gasteiger partial charge in [0.25, 0.3) is 5.56 Å². The molecular weight excluding hydrogens is 346 g/mol. The van der Waals surface area contributed by atoms with E-state index in [1.807, 2.05) is 31.2 Å². The zero-order chi connectivity index (χ0) is 18.5. The van der Waals surface area contributed by atoms with Crippen LogP contribution in [0.3, 0.4) is 0 Å². The minimum atomic E-state index is -0.300. The van der Waals surface area contributed by atoms with E-state index in [9.17, 15) is 9.59 Å². The maximum Gasteiger partial charge on any atom is 0.254 e. The number of amides is 1. The van der Waals surface area contributed by atoms with Crippen molar-refractivity contribution in [3.8, 4) is 0 Å². The maximum absolute atomic E-state index is 12.6. The van der Waals surface area contributed by atoms with Crippen molar-refractivity contribution in [3.63, 3.8) is 0 Å². The first kappa shape index (κ1) is 18.7. The first-order chi connectivity index (χ1) is 12.6. The number of benzene rings is 1. The molecule has 1 unspecified atom stereocenters. The number of aryl methyl sites for hydroxylation is 2. The summed E-state index contributed by atoms with van der Waals surface area (Å²) in [6.45, 7) is 4.07. The number of H-pyrrole nitrogens is 1. The number of nitrogens with one attached hydrogen (secondary N) is 2. The van der Waals surface area contributed by atoms with E-state index in [0.717, 1.165) is 49.0 Å². The first-order valence-corrected chi connectivity index (χ1v) is 10.2. The second-order valence-electron chi connectivity index (χ2n) is 6.56. The number of carbonyl (C=O) groups excluding carboxylic acids is 1. The molecule has 2 aromatic rings. The van der Waals surface area contributed by atoms with E-state index in [4.69, 9.17) is 0 Å². The SMILES string of the molecule is CCc1ccc(NC(=O)C(CC)Sc2nc3c(c(=O)[nH]2)CCCC3)cc1. The van der Waals surface area contributed by atoms with Crippen molar-refractivity contribution in [2.45, 2.75) is 62.8 Å². The van der Waals surface area contributed by atoms with E-state index in [1.165, 1.54) is 17.3 Å². The van der Waals surface area contributed by atoms with Crippen molar-refractivity contribution in [1.82, 2.24) is 9.97 Å². The van der Waals surface area contributed by atoms with Gasteiger partial charge in [0.15, 0.2) is 5.16 Å². The Morgan fingerprint density at radius 3 is 2.65 bits per heavy atom. The van der Waals surface area contributed by atoms with Crippen LogP contribution in [0.4, 0.5) is 5.69 Å². The highest BCUT2D eigenvalue weighted by Crippen LogP contribution is 2.25. The molecule has 0 aliphatic heterocycles. The topological polar surface area (TPSA) is 74.8 Å². The molecule has 0 saturated carbocycles. The Hall–Kier alpha value is -2.08. The summed E-state index contributed by atoms with van der Waals surface area (Å²) in [5.41, 5.74) is 3.68. The predicted octanol–water partition coefficient (Wildman–Crippen LogP) is 3.72. The standard InChI is InChI=1S/C20H25N3O2S/c1-3-13-9-11-14(12-10-13)21-19(25)17(4-2)26-20-22-16-8-6-5-7-15(16)18(24)23-20/h9-12,17H,3-8H2,1-2H3,(H,21,25)(H,22,23,24). The quantitative estimate of drug-likeness (QED) is 0.599. The van der Waals surface area contributed by atoms with Crippen LogP contribution >= 0.6 is 11.8 Å². The molecule has 2 N–H and O–H groups in total. The van der Waals surface area contributed by atoms with E-state index in [0.29, 0.717) is 11.6 Å². The molecule has 0 bridgehead atoms. The van der Waals surface area contributed by atoms with Gasteiger partial charge >= 0.3 is 0 Å². The fourth-order valence-electron chi connectivity index (χ4n) is 3.14. The monoisotopic (exact) mass is 371 g/mol. The fourth-order valence-corrected chi connectivity index (χ4v) is 4.06. The van der Waals surface area contributed by atoms with Crippen LogP contribution in [0.5, 0.6) is 0 Å². The van der Waals surface area contributed by atoms with Crippen molar-refractivity contribution in [3.05, 3.63) is 51.4 Å². The molecule has 0 saturated heterocycles. The number of nitrogens with zero attached hydrogens (tertiary/aromatic N) is 1. The number of hydrogen-bond donors (Lipinski definition) is 2. The molecule has 1 atom stereocenters. The van der Waals surface area contributed by atoms with E-state index >= 15 is 0 Å². The van der Waals surface area contributed by atoms with Crippen molar-refractivity contribution in [2.75, 3.05) is 5.32 Å². The Morgan fingerprint density at radius 1 is 1.23 bits per heavy atom. The van der Waals surface area contributed by atoms with Gasteiger partial charge in [-0.15, -0.1) is 0 Å². The van der Waals surface area contributed by atoms with Gasteiger partial charge in [-0.05, 0) is 56.2 Å². The number of thioether (sulfide) groups is 1. The number of anilines is 1. The lowest BCUT2D eigenvalue weighted by Gasteiger charge is -2.17. The van der Waals surface area contributed by atoms with E-state index in [2.05, 4.69) is 22.2 Å². The third-order valence-electron chi connectivity index (χ3n) is 4.72. The number of hydrogen-bond acceptors (Lipinski definition) is 4. The Balaban J connectivity index is 1.71. The van der Waals surface area contributed by atoms with Gasteiger partial charge in [0.2, 0.25) is 5.91 Å². The van der Waals surface area contributed by atoms with Crippen LogP contribution in [0.15, 0.2) is 34.2 Å². The lowest BCUT2D eigenvalue weighted by molar-refractivity contribution is -0.115. The lowest BCUT2D eigenvalue weighted by atomic mass is 9.97. The minimum Gasteiger partial charge on any atom is -0.325 e. The van der Waals surface area contributed by atoms with Crippen LogP contribution in [-0.4, -0.2) is 21.1 Å². The molecular formula is C20H25N3O2S. The maximum atomic E-state index is 12.6. The van der Waals surface area contributed by atoms with Crippen LogP contribution in [-0.2, 0) is 24.1 Å². The van der Waals surface area contributed by atoms with Gasteiger partial charge in [-0.2, -0.15) is 0 Å². The highest BCUT2D eigenvalue weighted by molar-refractivity contribution is 8.00. The molecule has 3 rings (SSSR count). The Morgan fingerprint density at radius 2 is 1.96 bits per heavy atom. The van der Waals surface area contributed by atoms with Crippen molar-refractivity contribution in [2.24, 2.45) is 0 Å². The second-order valence-corrected chi connectivity index (χ2v) is 7.75. The molecule has 6 heteroatoms. The third kappa shape index (κ3) is 4.36. The highest BCUT2D eigenvalue weighted by Gasteiger charge is 2.22. The number of aromatic nitrogens is 2. The lowest BCUT2D eigenvalue weighted by Crippen LogP contribution is -2.26. The average Bonchev–Trinajstić information content (AvgIpc) is 2.66. The van der Waals surface area contributed by atoms with Gasteiger partial charge in [0.1, 0.15) is 0 Å². The Bertz CT molecular complexity index is 830. The zero-order valence-electron chi connectivity index (χ0n) is 15.3. The average molecular weight is 372 g/mol. The summed E-state index contributed by atoms with van der Waals surface area (Å²) in [6, 6.07) is 7.89. The molecule has 1 aromatic carbocycles. The summed E-state index contributed by atoms with van der Waals surface area (Å²) in [5.74, 6) is -0.0675. The third-order valence-corrected chi connectivity index (χ3v) is 5.97. The van der Waals surface area contributed by atoms with Gasteiger partial charge in [-0.3, -0.25) is 9.59 Å². The smallest absolute Gasteiger partial charge is 0.254 e. The molecule has 1 heterocycles. The van der Waals surface area contributed by atoms with Crippen molar-refractivity contribution < 1.29 is 4.79 Å². The molecule has 138 valence electrons. The molecule has 0 fully saturated rings. The summed E-state index contributed by atoms with van der Waals surface area (Å²) in [6.07, 6.45) is 5.39. The molecule has 0 radical (unpaired) electrons. The van der Waals surface area contributed by atoms with Gasteiger partial charge in [0, 0.05) is 11.3 Å². The van der Waals surface area contributed by atoms with E-state index < -0.39 is 0 Å². The minimum absolute atomic E-state index is 0.0531. The van der Waals surface area contributed by atoms with Crippen LogP contribution in [0.1, 0.15) is 49.9 Å². The largest absolute Gasteiger partial charge is 0.325 e. The molecule has 0 spiro atoms. The number of rotatable bonds is 6. The van der Waals surface area contributed by atoms with Crippen LogP contribution < -0.4 is 10.9 Å². The van der Waals surface area contributed by atoms with Crippen LogP contribution in [0.25, 0.3) is 0 Å². The van der Waals surface area contributed by atoms with Gasteiger partial charge in [0.05, 0.1) is 10.9 Å². The molecule has 1 aromatic heterocycles. The van der Waals surface area contributed by atoms with Gasteiger partial charge in [-0.25, -0.2) is 4.98 Å². The summed E-state index contributed by atoms with van der Waals surface area (Å²) in [7, 11) is 0. The summed E-state index contributed by atoms with van der Waals surface area (Å²) in [4.78, 5) is 32.3. The van der Waals surface area contributed by atoms with Gasteiger partial charge < -0.3 is 10.3 Å². The fraction of sp³-hybridized carbons (Fsp3) is 0.450. The Kier molecular flexibility index (Phi) is 6.14. The first-order valence-electron chi connectivity index (χ1n) is 9.29.